The van der Waals surface area contributed by atoms with Crippen LogP contribution >= 0.6 is 11.6 Å². The zero-order chi connectivity index (χ0) is 14.0. The first-order chi connectivity index (χ1) is 8.91. The number of nitrogens with zero attached hydrogens (tertiary/aromatic N) is 4. The summed E-state index contributed by atoms with van der Waals surface area (Å²) in [4.78, 5) is 20.1. The molecule has 0 N–H and O–H groups in total. The number of rotatable bonds is 2. The summed E-state index contributed by atoms with van der Waals surface area (Å²) < 4.78 is 25.9. The Bertz CT molecular complexity index is 567. The topological polar surface area (TPSA) is 83.5 Å². The molecule has 104 valence electrons. The molecule has 1 amide bonds. The van der Waals surface area contributed by atoms with Gasteiger partial charge in [0, 0.05) is 33.1 Å². The lowest BCUT2D eigenvalue weighted by atomic mass is 10.3. The summed E-state index contributed by atoms with van der Waals surface area (Å²) in [5, 5.41) is 0.000323. The second kappa shape index (κ2) is 5.40. The molecule has 2 heterocycles. The molecule has 0 aliphatic carbocycles. The molecule has 1 fully saturated rings. The van der Waals surface area contributed by atoms with Gasteiger partial charge in [-0.1, -0.05) is 0 Å². The third-order valence-electron chi connectivity index (χ3n) is 2.92. The summed E-state index contributed by atoms with van der Waals surface area (Å²) in [5.74, 6) is -0.0492. The second-order valence-electron chi connectivity index (χ2n) is 4.10. The van der Waals surface area contributed by atoms with E-state index in [2.05, 4.69) is 9.97 Å². The zero-order valence-corrected chi connectivity index (χ0v) is 11.9. The van der Waals surface area contributed by atoms with E-state index < -0.39 is 10.0 Å². The largest absolute Gasteiger partial charge is 0.340 e. The highest BCUT2D eigenvalue weighted by Gasteiger charge is 2.29. The van der Waals surface area contributed by atoms with Crippen molar-refractivity contribution in [3.8, 4) is 0 Å². The molecule has 1 aromatic rings. The van der Waals surface area contributed by atoms with E-state index >= 15 is 0 Å². The van der Waals surface area contributed by atoms with Crippen LogP contribution < -0.4 is 0 Å². The van der Waals surface area contributed by atoms with Crippen molar-refractivity contribution in [1.82, 2.24) is 19.2 Å². The number of carbonyl (C=O) groups is 1. The highest BCUT2D eigenvalue weighted by molar-refractivity contribution is 7.89. The molecule has 1 aromatic heterocycles. The molecule has 0 unspecified atom stereocenters. The quantitative estimate of drug-likeness (QED) is 0.717. The van der Waals surface area contributed by atoms with E-state index in [1.807, 2.05) is 0 Å². The van der Waals surface area contributed by atoms with Crippen molar-refractivity contribution in [3.05, 3.63) is 17.7 Å². The van der Waals surface area contributed by atoms with E-state index in [4.69, 9.17) is 11.6 Å². The summed E-state index contributed by atoms with van der Waals surface area (Å²) in [6.45, 7) is 2.79. The minimum absolute atomic E-state index is 0.000323. The van der Waals surface area contributed by atoms with Gasteiger partial charge in [-0.3, -0.25) is 4.79 Å². The first-order valence-corrected chi connectivity index (χ1v) is 7.46. The number of aromatic nitrogens is 2. The third-order valence-corrected chi connectivity index (χ3v) is 4.97. The predicted octanol–water partition coefficient (Wildman–Crippen LogP) is -0.0172. The zero-order valence-electron chi connectivity index (χ0n) is 10.3. The summed E-state index contributed by atoms with van der Waals surface area (Å²) in [6, 6.07) is 0. The number of hydrogen-bond acceptors (Lipinski definition) is 5. The maximum atomic E-state index is 12.3. The van der Waals surface area contributed by atoms with E-state index in [1.165, 1.54) is 23.6 Å². The van der Waals surface area contributed by atoms with Crippen LogP contribution in [0.4, 0.5) is 0 Å². The molecular weight excluding hydrogens is 292 g/mol. The van der Waals surface area contributed by atoms with Gasteiger partial charge in [-0.05, 0) is 11.6 Å². The highest BCUT2D eigenvalue weighted by atomic mass is 35.5. The van der Waals surface area contributed by atoms with Crippen molar-refractivity contribution in [2.24, 2.45) is 0 Å². The van der Waals surface area contributed by atoms with E-state index in [0.717, 1.165) is 0 Å². The fourth-order valence-corrected chi connectivity index (χ4v) is 3.24. The maximum Gasteiger partial charge on any atom is 0.246 e. The number of amides is 1. The molecule has 0 atom stereocenters. The van der Waals surface area contributed by atoms with Crippen LogP contribution in [0.2, 0.25) is 5.28 Å². The van der Waals surface area contributed by atoms with E-state index in [9.17, 15) is 13.2 Å². The van der Waals surface area contributed by atoms with E-state index in [0.29, 0.717) is 13.1 Å². The number of hydrogen-bond donors (Lipinski definition) is 0. The van der Waals surface area contributed by atoms with Gasteiger partial charge in [0.1, 0.15) is 4.90 Å². The predicted molar refractivity (Wildman–Crippen MR) is 68.1 cm³/mol. The molecule has 0 bridgehead atoms. The maximum absolute atomic E-state index is 12.3. The lowest BCUT2D eigenvalue weighted by Gasteiger charge is -2.33. The van der Waals surface area contributed by atoms with Crippen LogP contribution in [0.15, 0.2) is 17.3 Å². The van der Waals surface area contributed by atoms with Crippen LogP contribution in [-0.2, 0) is 14.8 Å². The van der Waals surface area contributed by atoms with Crippen molar-refractivity contribution >= 4 is 27.5 Å². The first-order valence-electron chi connectivity index (χ1n) is 5.64. The molecule has 0 spiro atoms. The van der Waals surface area contributed by atoms with E-state index in [1.54, 1.807) is 4.90 Å². The van der Waals surface area contributed by atoms with Gasteiger partial charge in [-0.15, -0.1) is 0 Å². The Morgan fingerprint density at radius 2 is 1.74 bits per heavy atom. The molecule has 19 heavy (non-hydrogen) atoms. The lowest BCUT2D eigenvalue weighted by Crippen LogP contribution is -2.49. The number of piperazine rings is 1. The Morgan fingerprint density at radius 3 is 2.21 bits per heavy atom. The first kappa shape index (κ1) is 14.2. The van der Waals surface area contributed by atoms with Gasteiger partial charge in [0.05, 0.1) is 12.4 Å². The fourth-order valence-electron chi connectivity index (χ4n) is 1.83. The van der Waals surface area contributed by atoms with Crippen molar-refractivity contribution < 1.29 is 13.2 Å². The minimum Gasteiger partial charge on any atom is -0.340 e. The monoisotopic (exact) mass is 304 g/mol. The molecule has 2 rings (SSSR count). The van der Waals surface area contributed by atoms with Crippen molar-refractivity contribution in [2.45, 2.75) is 11.8 Å². The van der Waals surface area contributed by atoms with Gasteiger partial charge in [0.25, 0.3) is 0 Å². The van der Waals surface area contributed by atoms with Gasteiger partial charge in [0.2, 0.25) is 21.2 Å². The SMILES string of the molecule is CC(=O)N1CCN(S(=O)(=O)c2cnc(Cl)nc2)CC1. The molecule has 1 aliphatic heterocycles. The molecule has 0 radical (unpaired) electrons. The smallest absolute Gasteiger partial charge is 0.246 e. The number of halogens is 1. The lowest BCUT2D eigenvalue weighted by molar-refractivity contribution is -0.129. The standard InChI is InChI=1S/C10H13ClN4O3S/c1-8(16)14-2-4-15(5-3-14)19(17,18)9-6-12-10(11)13-7-9/h6-7H,2-5H2,1H3. The van der Waals surface area contributed by atoms with Crippen molar-refractivity contribution in [3.63, 3.8) is 0 Å². The summed E-state index contributed by atoms with van der Waals surface area (Å²) in [5.41, 5.74) is 0. The fraction of sp³-hybridized carbons (Fsp3) is 0.500. The highest BCUT2D eigenvalue weighted by Crippen LogP contribution is 2.16. The Labute approximate surface area is 116 Å². The number of carbonyl (C=O) groups excluding carboxylic acids is 1. The Kier molecular flexibility index (Phi) is 4.02. The van der Waals surface area contributed by atoms with Crippen LogP contribution in [0.25, 0.3) is 0 Å². The Balaban J connectivity index is 2.14. The van der Waals surface area contributed by atoms with Crippen molar-refractivity contribution in [1.29, 1.82) is 0 Å². The molecule has 0 aromatic carbocycles. The molecule has 9 heteroatoms. The van der Waals surface area contributed by atoms with Crippen molar-refractivity contribution in [2.75, 3.05) is 26.2 Å². The minimum atomic E-state index is -3.62. The van der Waals surface area contributed by atoms with Crippen LogP contribution in [0.1, 0.15) is 6.92 Å². The van der Waals surface area contributed by atoms with Crippen LogP contribution in [0.5, 0.6) is 0 Å². The van der Waals surface area contributed by atoms with Crippen LogP contribution in [-0.4, -0.2) is 59.7 Å². The summed E-state index contributed by atoms with van der Waals surface area (Å²) in [6.07, 6.45) is 2.37. The van der Waals surface area contributed by atoms with Crippen LogP contribution in [0.3, 0.4) is 0 Å². The second-order valence-corrected chi connectivity index (χ2v) is 6.37. The summed E-state index contributed by atoms with van der Waals surface area (Å²) >= 11 is 5.53. The third kappa shape index (κ3) is 3.02. The Hall–Kier alpha value is -1.25. The normalized spacial score (nSPS) is 17.5. The summed E-state index contributed by atoms with van der Waals surface area (Å²) in [7, 11) is -3.62. The van der Waals surface area contributed by atoms with Gasteiger partial charge in [-0.2, -0.15) is 4.31 Å². The molecule has 1 saturated heterocycles. The molecule has 7 nitrogen and oxygen atoms in total. The average molecular weight is 305 g/mol. The molecular formula is C10H13ClN4O3S. The molecule has 0 saturated carbocycles. The van der Waals surface area contributed by atoms with E-state index in [-0.39, 0.29) is 29.2 Å². The van der Waals surface area contributed by atoms with Crippen LogP contribution in [0, 0.1) is 0 Å². The van der Waals surface area contributed by atoms with Gasteiger partial charge in [-0.25, -0.2) is 18.4 Å². The van der Waals surface area contributed by atoms with Gasteiger partial charge >= 0.3 is 0 Å². The average Bonchev–Trinajstić information content (AvgIpc) is 2.39. The molecule has 1 aliphatic rings. The van der Waals surface area contributed by atoms with Gasteiger partial charge in [0.15, 0.2) is 0 Å². The van der Waals surface area contributed by atoms with Gasteiger partial charge < -0.3 is 4.90 Å². The Morgan fingerprint density at radius 1 is 1.21 bits per heavy atom. The number of sulfonamides is 1.